The molecule has 0 unspecified atom stereocenters. The van der Waals surface area contributed by atoms with E-state index in [9.17, 15) is 26.9 Å². The number of sulfone groups is 2. The zero-order valence-corrected chi connectivity index (χ0v) is 14.7. The minimum absolute atomic E-state index is 0.180. The minimum Gasteiger partial charge on any atom is -0.258 e. The third-order valence-electron chi connectivity index (χ3n) is 3.28. The first-order chi connectivity index (χ1) is 11.1. The van der Waals surface area contributed by atoms with Crippen molar-refractivity contribution < 1.29 is 21.8 Å². The second-order valence-electron chi connectivity index (χ2n) is 4.75. The molecule has 0 fully saturated rings. The zero-order valence-electron chi connectivity index (χ0n) is 12.3. The lowest BCUT2D eigenvalue weighted by atomic mass is 10.3. The summed E-state index contributed by atoms with van der Waals surface area (Å²) in [5.41, 5.74) is -0.792. The van der Waals surface area contributed by atoms with Crippen molar-refractivity contribution in [1.82, 2.24) is 0 Å². The topological polar surface area (TPSA) is 111 Å². The molecule has 0 amide bonds. The maximum atomic E-state index is 12.6. The highest BCUT2D eigenvalue weighted by molar-refractivity contribution is 7.92. The molecule has 24 heavy (non-hydrogen) atoms. The summed E-state index contributed by atoms with van der Waals surface area (Å²) < 4.78 is 48.9. The molecular formula is C14H12ClNO6S2. The van der Waals surface area contributed by atoms with Gasteiger partial charge in [0.2, 0.25) is 9.84 Å². The highest BCUT2D eigenvalue weighted by Crippen LogP contribution is 2.32. The Balaban J connectivity index is 2.70. The van der Waals surface area contributed by atoms with E-state index in [1.54, 1.807) is 0 Å². The van der Waals surface area contributed by atoms with Crippen LogP contribution in [0.2, 0.25) is 5.02 Å². The normalized spacial score (nSPS) is 12.1. The van der Waals surface area contributed by atoms with Crippen LogP contribution in [0.25, 0.3) is 0 Å². The van der Waals surface area contributed by atoms with E-state index in [0.717, 1.165) is 18.2 Å². The number of nitro groups is 1. The van der Waals surface area contributed by atoms with Crippen molar-refractivity contribution in [2.45, 2.75) is 21.6 Å². The molecule has 0 radical (unpaired) electrons. The molecule has 2 aromatic rings. The van der Waals surface area contributed by atoms with E-state index in [1.165, 1.54) is 31.2 Å². The maximum Gasteiger partial charge on any atom is 0.289 e. The van der Waals surface area contributed by atoms with Gasteiger partial charge in [0.05, 0.1) is 20.5 Å². The fourth-order valence-corrected chi connectivity index (χ4v) is 4.40. The van der Waals surface area contributed by atoms with Gasteiger partial charge in [-0.3, -0.25) is 10.1 Å². The fourth-order valence-electron chi connectivity index (χ4n) is 1.97. The SMILES string of the molecule is CCS(=O)(=O)c1ccc(S(=O)(=O)c2ccc(Cl)cc2)c([N+](=O)[O-])c1. The Bertz CT molecular complexity index is 998. The number of hydrogen-bond donors (Lipinski definition) is 0. The first-order valence-corrected chi connectivity index (χ1v) is 10.1. The van der Waals surface area contributed by atoms with Crippen molar-refractivity contribution in [2.75, 3.05) is 5.75 Å². The van der Waals surface area contributed by atoms with E-state index in [2.05, 4.69) is 0 Å². The number of nitro benzene ring substituents is 1. The largest absolute Gasteiger partial charge is 0.289 e. The summed E-state index contributed by atoms with van der Waals surface area (Å²) in [7, 11) is -7.90. The lowest BCUT2D eigenvalue weighted by molar-refractivity contribution is -0.388. The van der Waals surface area contributed by atoms with Crippen LogP contribution < -0.4 is 0 Å². The molecule has 0 heterocycles. The average molecular weight is 390 g/mol. The van der Waals surface area contributed by atoms with Crippen molar-refractivity contribution in [3.63, 3.8) is 0 Å². The van der Waals surface area contributed by atoms with Gasteiger partial charge in [0.1, 0.15) is 4.90 Å². The summed E-state index contributed by atoms with van der Waals surface area (Å²) in [4.78, 5) is 9.27. The van der Waals surface area contributed by atoms with E-state index in [1.807, 2.05) is 0 Å². The van der Waals surface area contributed by atoms with Crippen LogP contribution >= 0.6 is 11.6 Å². The van der Waals surface area contributed by atoms with Gasteiger partial charge in [-0.25, -0.2) is 16.8 Å². The molecule has 128 valence electrons. The van der Waals surface area contributed by atoms with Crippen LogP contribution in [0.5, 0.6) is 0 Å². The minimum atomic E-state index is -4.20. The van der Waals surface area contributed by atoms with Crippen LogP contribution in [-0.4, -0.2) is 27.5 Å². The smallest absolute Gasteiger partial charge is 0.258 e. The number of nitrogens with zero attached hydrogens (tertiary/aromatic N) is 1. The number of benzene rings is 2. The van der Waals surface area contributed by atoms with Crippen LogP contribution in [0, 0.1) is 10.1 Å². The van der Waals surface area contributed by atoms with Gasteiger partial charge in [0, 0.05) is 11.1 Å². The quantitative estimate of drug-likeness (QED) is 0.574. The highest BCUT2D eigenvalue weighted by Gasteiger charge is 2.29. The number of halogens is 1. The van der Waals surface area contributed by atoms with Crippen LogP contribution in [-0.2, 0) is 19.7 Å². The van der Waals surface area contributed by atoms with Crippen LogP contribution in [0.4, 0.5) is 5.69 Å². The van der Waals surface area contributed by atoms with E-state index < -0.39 is 35.2 Å². The molecule has 0 spiro atoms. The summed E-state index contributed by atoms with van der Waals surface area (Å²) in [5, 5.41) is 11.6. The Hall–Kier alpha value is -1.97. The molecule has 7 nitrogen and oxygen atoms in total. The van der Waals surface area contributed by atoms with Crippen molar-refractivity contribution in [2.24, 2.45) is 0 Å². The van der Waals surface area contributed by atoms with Crippen molar-refractivity contribution in [3.05, 3.63) is 57.6 Å². The molecule has 0 saturated carbocycles. The molecule has 0 aliphatic heterocycles. The number of hydrogen-bond acceptors (Lipinski definition) is 6. The molecule has 0 saturated heterocycles. The Morgan fingerprint density at radius 3 is 2.04 bits per heavy atom. The van der Waals surface area contributed by atoms with E-state index in [4.69, 9.17) is 11.6 Å². The second-order valence-corrected chi connectivity index (χ2v) is 9.38. The summed E-state index contributed by atoms with van der Waals surface area (Å²) in [6.07, 6.45) is 0. The monoisotopic (exact) mass is 389 g/mol. The van der Waals surface area contributed by atoms with Gasteiger partial charge in [-0.1, -0.05) is 18.5 Å². The van der Waals surface area contributed by atoms with Gasteiger partial charge in [0.15, 0.2) is 9.84 Å². The molecule has 0 aliphatic rings. The molecule has 0 atom stereocenters. The fraction of sp³-hybridized carbons (Fsp3) is 0.143. The molecule has 10 heteroatoms. The second kappa shape index (κ2) is 6.50. The third kappa shape index (κ3) is 3.42. The van der Waals surface area contributed by atoms with Gasteiger partial charge in [-0.2, -0.15) is 0 Å². The van der Waals surface area contributed by atoms with Crippen LogP contribution in [0.3, 0.4) is 0 Å². The number of rotatable bonds is 5. The lowest BCUT2D eigenvalue weighted by Gasteiger charge is -2.08. The molecule has 0 aliphatic carbocycles. The Morgan fingerprint density at radius 2 is 1.54 bits per heavy atom. The summed E-state index contributed by atoms with van der Waals surface area (Å²) in [6.45, 7) is 1.39. The highest BCUT2D eigenvalue weighted by atomic mass is 35.5. The van der Waals surface area contributed by atoms with Gasteiger partial charge >= 0.3 is 0 Å². The standard InChI is InChI=1S/C14H12ClNO6S2/c1-2-23(19,20)12-7-8-14(13(9-12)16(17)18)24(21,22)11-5-3-10(15)4-6-11/h3-9H,2H2,1H3. The van der Waals surface area contributed by atoms with Crippen molar-refractivity contribution in [3.8, 4) is 0 Å². The lowest BCUT2D eigenvalue weighted by Crippen LogP contribution is -2.09. The summed E-state index contributed by atoms with van der Waals surface area (Å²) in [6, 6.07) is 7.88. The third-order valence-corrected chi connectivity index (χ3v) is 7.08. The van der Waals surface area contributed by atoms with Gasteiger partial charge in [-0.05, 0) is 36.4 Å². The average Bonchev–Trinajstić information content (AvgIpc) is 2.54. The Morgan fingerprint density at radius 1 is 1.00 bits per heavy atom. The molecule has 0 bridgehead atoms. The molecule has 0 aromatic heterocycles. The molecule has 0 N–H and O–H groups in total. The van der Waals surface area contributed by atoms with Crippen molar-refractivity contribution >= 4 is 37.0 Å². The van der Waals surface area contributed by atoms with E-state index >= 15 is 0 Å². The predicted octanol–water partition coefficient (Wildman–Crippen LogP) is 2.87. The maximum absolute atomic E-state index is 12.6. The van der Waals surface area contributed by atoms with Crippen molar-refractivity contribution in [1.29, 1.82) is 0 Å². The molecular weight excluding hydrogens is 378 g/mol. The Kier molecular flexibility index (Phi) is 4.97. The van der Waals surface area contributed by atoms with Crippen LogP contribution in [0.15, 0.2) is 57.2 Å². The zero-order chi connectivity index (χ0) is 18.1. The van der Waals surface area contributed by atoms with Gasteiger partial charge in [0.25, 0.3) is 5.69 Å². The van der Waals surface area contributed by atoms with Gasteiger partial charge in [-0.15, -0.1) is 0 Å². The van der Waals surface area contributed by atoms with E-state index in [0.29, 0.717) is 5.02 Å². The summed E-state index contributed by atoms with van der Waals surface area (Å²) in [5.74, 6) is -0.257. The van der Waals surface area contributed by atoms with Gasteiger partial charge < -0.3 is 0 Å². The van der Waals surface area contributed by atoms with Crippen LogP contribution in [0.1, 0.15) is 6.92 Å². The summed E-state index contributed by atoms with van der Waals surface area (Å²) >= 11 is 5.71. The predicted molar refractivity (Wildman–Crippen MR) is 87.7 cm³/mol. The Labute approximate surface area is 143 Å². The molecule has 2 rings (SSSR count). The first kappa shape index (κ1) is 18.4. The molecule has 2 aromatic carbocycles. The van der Waals surface area contributed by atoms with E-state index in [-0.39, 0.29) is 15.5 Å². The first-order valence-electron chi connectivity index (χ1n) is 6.61.